The molecule has 0 saturated heterocycles. The molecule has 2 aromatic rings. The predicted octanol–water partition coefficient (Wildman–Crippen LogP) is 4.47. The molecular weight excluding hydrogens is 422 g/mol. The Morgan fingerprint density at radius 2 is 2.00 bits per heavy atom. The van der Waals surface area contributed by atoms with E-state index in [1.807, 2.05) is 13.0 Å². The summed E-state index contributed by atoms with van der Waals surface area (Å²) < 4.78 is 28.2. The number of halogens is 1. The SMILES string of the molecule is C=Cc1ccc2c(c1CCC(=O)O)CCC(C(C)NS(=O)(=O)c1ccc(Cl)cc1)C2. The number of carboxylic acids is 1. The average Bonchev–Trinajstić information content (AvgIpc) is 2.71. The summed E-state index contributed by atoms with van der Waals surface area (Å²) in [6.07, 6.45) is 4.70. The molecule has 1 aliphatic rings. The molecule has 2 unspecified atom stereocenters. The lowest BCUT2D eigenvalue weighted by Crippen LogP contribution is -2.40. The number of carboxylic acid groups (broad SMARTS) is 1. The molecule has 0 saturated carbocycles. The predicted molar refractivity (Wildman–Crippen MR) is 119 cm³/mol. The summed E-state index contributed by atoms with van der Waals surface area (Å²) in [4.78, 5) is 11.2. The van der Waals surface area contributed by atoms with E-state index in [9.17, 15) is 13.2 Å². The number of carbonyl (C=O) groups is 1. The van der Waals surface area contributed by atoms with Crippen molar-refractivity contribution in [2.45, 2.75) is 50.0 Å². The van der Waals surface area contributed by atoms with Crippen LogP contribution in [0.25, 0.3) is 6.08 Å². The van der Waals surface area contributed by atoms with Crippen LogP contribution in [0.2, 0.25) is 5.02 Å². The molecule has 0 fully saturated rings. The molecule has 0 aromatic heterocycles. The summed E-state index contributed by atoms with van der Waals surface area (Å²) in [5.74, 6) is -0.664. The Hall–Kier alpha value is -2.15. The Labute approximate surface area is 182 Å². The number of hydrogen-bond donors (Lipinski definition) is 2. The van der Waals surface area contributed by atoms with Crippen molar-refractivity contribution in [3.05, 3.63) is 70.3 Å². The second kappa shape index (κ2) is 9.33. The molecule has 160 valence electrons. The van der Waals surface area contributed by atoms with Crippen LogP contribution < -0.4 is 4.72 Å². The highest BCUT2D eigenvalue weighted by molar-refractivity contribution is 7.89. The topological polar surface area (TPSA) is 83.5 Å². The molecule has 0 amide bonds. The highest BCUT2D eigenvalue weighted by Gasteiger charge is 2.28. The largest absolute Gasteiger partial charge is 0.481 e. The smallest absolute Gasteiger partial charge is 0.303 e. The third-order valence-electron chi connectivity index (χ3n) is 5.79. The average molecular weight is 448 g/mol. The van der Waals surface area contributed by atoms with E-state index in [1.54, 1.807) is 18.2 Å². The summed E-state index contributed by atoms with van der Waals surface area (Å²) in [5.41, 5.74) is 4.38. The van der Waals surface area contributed by atoms with Crippen molar-refractivity contribution in [2.75, 3.05) is 0 Å². The van der Waals surface area contributed by atoms with E-state index in [2.05, 4.69) is 17.4 Å². The van der Waals surface area contributed by atoms with Gasteiger partial charge >= 0.3 is 5.97 Å². The van der Waals surface area contributed by atoms with E-state index < -0.39 is 16.0 Å². The number of fused-ring (bicyclic) bond motifs is 1. The van der Waals surface area contributed by atoms with E-state index in [-0.39, 0.29) is 23.3 Å². The van der Waals surface area contributed by atoms with Crippen LogP contribution in [0.4, 0.5) is 0 Å². The molecule has 3 rings (SSSR count). The fourth-order valence-corrected chi connectivity index (χ4v) is 5.58. The lowest BCUT2D eigenvalue weighted by molar-refractivity contribution is -0.136. The van der Waals surface area contributed by atoms with Gasteiger partial charge in [0, 0.05) is 17.5 Å². The number of aliphatic carboxylic acids is 1. The summed E-state index contributed by atoms with van der Waals surface area (Å²) in [7, 11) is -3.63. The molecule has 0 spiro atoms. The Bertz CT molecular complexity index is 1050. The van der Waals surface area contributed by atoms with Gasteiger partial charge in [-0.1, -0.05) is 36.4 Å². The summed E-state index contributed by atoms with van der Waals surface area (Å²) in [6.45, 7) is 5.75. The zero-order valence-electron chi connectivity index (χ0n) is 16.9. The Morgan fingerprint density at radius 1 is 1.30 bits per heavy atom. The standard InChI is InChI=1S/C23H26ClNO4S/c1-3-16-4-5-18-14-17(6-11-22(18)21(16)12-13-23(26)27)15(2)25-30(28,29)20-9-7-19(24)8-10-20/h3-5,7-10,15,17,25H,1,6,11-14H2,2H3,(H,26,27). The highest BCUT2D eigenvalue weighted by Crippen LogP contribution is 2.33. The van der Waals surface area contributed by atoms with Gasteiger partial charge < -0.3 is 5.11 Å². The molecule has 0 radical (unpaired) electrons. The van der Waals surface area contributed by atoms with Crippen molar-refractivity contribution in [1.29, 1.82) is 0 Å². The molecular formula is C23H26ClNO4S. The van der Waals surface area contributed by atoms with E-state index >= 15 is 0 Å². The van der Waals surface area contributed by atoms with E-state index in [4.69, 9.17) is 16.7 Å². The van der Waals surface area contributed by atoms with E-state index in [1.165, 1.54) is 17.7 Å². The first-order valence-electron chi connectivity index (χ1n) is 9.97. The first-order valence-corrected chi connectivity index (χ1v) is 11.8. The van der Waals surface area contributed by atoms with Gasteiger partial charge in [0.25, 0.3) is 0 Å². The summed E-state index contributed by atoms with van der Waals surface area (Å²) in [6, 6.07) is 9.93. The molecule has 0 bridgehead atoms. The first-order chi connectivity index (χ1) is 14.2. The van der Waals surface area contributed by atoms with Crippen LogP contribution in [0.15, 0.2) is 47.9 Å². The second-order valence-corrected chi connectivity index (χ2v) is 9.89. The second-order valence-electron chi connectivity index (χ2n) is 7.74. The Morgan fingerprint density at radius 3 is 2.63 bits per heavy atom. The van der Waals surface area contributed by atoms with Crippen LogP contribution in [0.1, 0.15) is 42.0 Å². The van der Waals surface area contributed by atoms with Gasteiger partial charge in [-0.15, -0.1) is 0 Å². The lowest BCUT2D eigenvalue weighted by atomic mass is 9.77. The van der Waals surface area contributed by atoms with Crippen molar-refractivity contribution in [3.63, 3.8) is 0 Å². The van der Waals surface area contributed by atoms with Gasteiger partial charge in [-0.2, -0.15) is 0 Å². The maximum absolute atomic E-state index is 12.7. The number of hydrogen-bond acceptors (Lipinski definition) is 3. The van der Waals surface area contributed by atoms with Crippen LogP contribution in [-0.2, 0) is 34.1 Å². The molecule has 1 aliphatic carbocycles. The van der Waals surface area contributed by atoms with Gasteiger partial charge in [0.1, 0.15) is 0 Å². The van der Waals surface area contributed by atoms with Gasteiger partial charge in [-0.3, -0.25) is 4.79 Å². The van der Waals surface area contributed by atoms with Gasteiger partial charge in [0.2, 0.25) is 10.0 Å². The van der Waals surface area contributed by atoms with Crippen molar-refractivity contribution in [1.82, 2.24) is 4.72 Å². The minimum atomic E-state index is -3.63. The zero-order valence-corrected chi connectivity index (χ0v) is 18.5. The molecule has 2 N–H and O–H groups in total. The van der Waals surface area contributed by atoms with Gasteiger partial charge in [0.05, 0.1) is 4.90 Å². The monoisotopic (exact) mass is 447 g/mol. The summed E-state index contributed by atoms with van der Waals surface area (Å²) >= 11 is 5.86. The number of benzene rings is 2. The maximum Gasteiger partial charge on any atom is 0.303 e. The first kappa shape index (κ1) is 22.5. The number of nitrogens with one attached hydrogen (secondary N) is 1. The van der Waals surface area contributed by atoms with Gasteiger partial charge in [0.15, 0.2) is 0 Å². The number of rotatable bonds is 8. The fraction of sp³-hybridized carbons (Fsp3) is 0.348. The fourth-order valence-electron chi connectivity index (χ4n) is 4.14. The van der Waals surface area contributed by atoms with Crippen LogP contribution in [0, 0.1) is 5.92 Å². The molecule has 2 atom stereocenters. The van der Waals surface area contributed by atoms with Crippen LogP contribution >= 0.6 is 11.6 Å². The molecule has 2 aromatic carbocycles. The third kappa shape index (κ3) is 5.12. The third-order valence-corrected chi connectivity index (χ3v) is 7.62. The molecule has 0 heterocycles. The minimum absolute atomic E-state index is 0.0814. The van der Waals surface area contributed by atoms with Crippen LogP contribution in [0.5, 0.6) is 0 Å². The Balaban J connectivity index is 1.77. The highest BCUT2D eigenvalue weighted by atomic mass is 35.5. The summed E-state index contributed by atoms with van der Waals surface area (Å²) in [5, 5.41) is 9.57. The lowest BCUT2D eigenvalue weighted by Gasteiger charge is -2.31. The van der Waals surface area contributed by atoms with Crippen molar-refractivity contribution >= 4 is 33.7 Å². The van der Waals surface area contributed by atoms with Gasteiger partial charge in [-0.05, 0) is 85.0 Å². The van der Waals surface area contributed by atoms with Crippen molar-refractivity contribution in [3.8, 4) is 0 Å². The molecule has 30 heavy (non-hydrogen) atoms. The van der Waals surface area contributed by atoms with Crippen LogP contribution in [0.3, 0.4) is 0 Å². The van der Waals surface area contributed by atoms with Crippen LogP contribution in [-0.4, -0.2) is 25.5 Å². The van der Waals surface area contributed by atoms with Crippen molar-refractivity contribution < 1.29 is 18.3 Å². The molecule has 5 nitrogen and oxygen atoms in total. The van der Waals surface area contributed by atoms with E-state index in [0.29, 0.717) is 11.4 Å². The van der Waals surface area contributed by atoms with E-state index in [0.717, 1.165) is 36.0 Å². The molecule has 7 heteroatoms. The zero-order chi connectivity index (χ0) is 21.9. The maximum atomic E-state index is 12.7. The quantitative estimate of drug-likeness (QED) is 0.625. The normalized spacial score (nSPS) is 17.2. The minimum Gasteiger partial charge on any atom is -0.481 e. The molecule has 0 aliphatic heterocycles. The van der Waals surface area contributed by atoms with Crippen molar-refractivity contribution in [2.24, 2.45) is 5.92 Å². The Kier molecular flexibility index (Phi) is 7.01. The van der Waals surface area contributed by atoms with Gasteiger partial charge in [-0.25, -0.2) is 13.1 Å². The number of sulfonamides is 1.